The monoisotopic (exact) mass is 433 g/mol. The van der Waals surface area contributed by atoms with E-state index < -0.39 is 0 Å². The zero-order chi connectivity index (χ0) is 17.2. The number of thiophene rings is 1. The van der Waals surface area contributed by atoms with Crippen LogP contribution in [0.4, 0.5) is 0 Å². The van der Waals surface area contributed by atoms with E-state index in [-0.39, 0.29) is 36.8 Å². The zero-order valence-corrected chi connectivity index (χ0v) is 17.6. The smallest absolute Gasteiger partial charge is 0.244 e. The van der Waals surface area contributed by atoms with Gasteiger partial charge in [-0.1, -0.05) is 11.2 Å². The maximum Gasteiger partial charge on any atom is 0.244 e. The Labute approximate surface area is 175 Å². The normalized spacial score (nSPS) is 21.4. The van der Waals surface area contributed by atoms with Crippen LogP contribution in [-0.2, 0) is 4.79 Å². The molecule has 1 amide bonds. The largest absolute Gasteiger partial charge is 0.340 e. The summed E-state index contributed by atoms with van der Waals surface area (Å²) < 4.78 is 5.47. The van der Waals surface area contributed by atoms with Crippen molar-refractivity contribution in [3.63, 3.8) is 0 Å². The van der Waals surface area contributed by atoms with Gasteiger partial charge < -0.3 is 14.7 Å². The molecule has 2 aliphatic heterocycles. The lowest BCUT2D eigenvalue weighted by Crippen LogP contribution is -2.51. The summed E-state index contributed by atoms with van der Waals surface area (Å²) in [5.74, 6) is 1.76. The van der Waals surface area contributed by atoms with E-state index in [1.165, 1.54) is 0 Å². The summed E-state index contributed by atoms with van der Waals surface area (Å²) in [5.41, 5.74) is 0. The summed E-state index contributed by atoms with van der Waals surface area (Å²) in [6.45, 7) is 7.08. The maximum absolute atomic E-state index is 12.5. The Morgan fingerprint density at radius 3 is 2.74 bits per heavy atom. The van der Waals surface area contributed by atoms with Crippen LogP contribution in [0.1, 0.15) is 25.3 Å². The van der Waals surface area contributed by atoms with Crippen LogP contribution >= 0.6 is 36.2 Å². The van der Waals surface area contributed by atoms with Gasteiger partial charge in [-0.2, -0.15) is 4.98 Å². The fourth-order valence-corrected chi connectivity index (χ4v) is 4.17. The van der Waals surface area contributed by atoms with Crippen molar-refractivity contribution >= 4 is 42.1 Å². The Morgan fingerprint density at radius 2 is 2.11 bits per heavy atom. The van der Waals surface area contributed by atoms with Gasteiger partial charge in [0.1, 0.15) is 0 Å². The van der Waals surface area contributed by atoms with Gasteiger partial charge in [0.15, 0.2) is 0 Å². The molecule has 1 N–H and O–H groups in total. The van der Waals surface area contributed by atoms with Crippen molar-refractivity contribution in [2.45, 2.75) is 19.4 Å². The minimum Gasteiger partial charge on any atom is -0.340 e. The van der Waals surface area contributed by atoms with E-state index in [0.717, 1.165) is 50.6 Å². The number of carbonyl (C=O) groups excluding carboxylic acids is 1. The number of aromatic nitrogens is 2. The lowest BCUT2D eigenvalue weighted by atomic mass is 10.1. The molecule has 0 bridgehead atoms. The number of hydrogen-bond acceptors (Lipinski definition) is 7. The molecule has 0 aliphatic carbocycles. The summed E-state index contributed by atoms with van der Waals surface area (Å²) in [6.07, 6.45) is 0.961. The molecule has 2 fully saturated rings. The standard InChI is InChI=1S/C17H23N5O2S.2ClH/c1-12(16-19-15(20-24-16)14-3-2-10-25-14)21-6-8-22(9-7-21)17(23)13-4-5-18-11-13;;/h2-3,10,12-13,18H,4-9,11H2,1H3;2*1H. The van der Waals surface area contributed by atoms with Gasteiger partial charge >= 0.3 is 0 Å². The molecule has 10 heteroatoms. The third-order valence-corrected chi connectivity index (χ3v) is 5.99. The van der Waals surface area contributed by atoms with Crippen molar-refractivity contribution in [3.8, 4) is 10.7 Å². The number of rotatable bonds is 4. The quantitative estimate of drug-likeness (QED) is 0.797. The highest BCUT2D eigenvalue weighted by Crippen LogP contribution is 2.26. The molecule has 0 aromatic carbocycles. The molecule has 2 aliphatic rings. The van der Waals surface area contributed by atoms with Crippen molar-refractivity contribution in [3.05, 3.63) is 23.4 Å². The van der Waals surface area contributed by atoms with Crippen LogP contribution in [0, 0.1) is 5.92 Å². The molecule has 0 radical (unpaired) electrons. The van der Waals surface area contributed by atoms with Gasteiger partial charge in [-0.3, -0.25) is 9.69 Å². The third-order valence-electron chi connectivity index (χ3n) is 5.12. The summed E-state index contributed by atoms with van der Waals surface area (Å²) in [7, 11) is 0. The average Bonchev–Trinajstić information content (AvgIpc) is 3.42. The van der Waals surface area contributed by atoms with Gasteiger partial charge in [0, 0.05) is 32.7 Å². The molecule has 2 atom stereocenters. The van der Waals surface area contributed by atoms with Gasteiger partial charge in [-0.15, -0.1) is 36.2 Å². The molecule has 27 heavy (non-hydrogen) atoms. The molecule has 150 valence electrons. The van der Waals surface area contributed by atoms with Gasteiger partial charge in [0.05, 0.1) is 16.8 Å². The molecular formula is C17H25Cl2N5O2S. The van der Waals surface area contributed by atoms with Crippen molar-refractivity contribution in [1.29, 1.82) is 0 Å². The number of hydrogen-bond donors (Lipinski definition) is 1. The second kappa shape index (κ2) is 9.84. The van der Waals surface area contributed by atoms with Crippen molar-refractivity contribution in [1.82, 2.24) is 25.3 Å². The maximum atomic E-state index is 12.5. The number of carbonyl (C=O) groups is 1. The number of nitrogens with one attached hydrogen (secondary N) is 1. The second-order valence-electron chi connectivity index (χ2n) is 6.66. The zero-order valence-electron chi connectivity index (χ0n) is 15.2. The number of nitrogens with zero attached hydrogens (tertiary/aromatic N) is 4. The van der Waals surface area contributed by atoms with Crippen LogP contribution in [0.15, 0.2) is 22.0 Å². The first-order valence-electron chi connectivity index (χ1n) is 8.83. The first-order chi connectivity index (χ1) is 12.2. The van der Waals surface area contributed by atoms with Crippen LogP contribution in [-0.4, -0.2) is 65.1 Å². The average molecular weight is 434 g/mol. The molecule has 2 saturated heterocycles. The van der Waals surface area contributed by atoms with E-state index in [9.17, 15) is 4.79 Å². The molecule has 2 unspecified atom stereocenters. The highest BCUT2D eigenvalue weighted by molar-refractivity contribution is 7.13. The molecule has 7 nitrogen and oxygen atoms in total. The fraction of sp³-hybridized carbons (Fsp3) is 0.588. The predicted octanol–water partition coefficient (Wildman–Crippen LogP) is 2.46. The summed E-state index contributed by atoms with van der Waals surface area (Å²) >= 11 is 1.60. The van der Waals surface area contributed by atoms with Gasteiger partial charge in [0.2, 0.25) is 17.6 Å². The Hall–Kier alpha value is -1.19. The number of piperazine rings is 1. The molecular weight excluding hydrogens is 409 g/mol. The summed E-state index contributed by atoms with van der Waals surface area (Å²) in [6, 6.07) is 4.04. The minimum atomic E-state index is 0. The van der Waals surface area contributed by atoms with E-state index in [1.807, 2.05) is 22.4 Å². The van der Waals surface area contributed by atoms with Crippen LogP contribution in [0.25, 0.3) is 10.7 Å². The lowest BCUT2D eigenvalue weighted by Gasteiger charge is -2.37. The first-order valence-corrected chi connectivity index (χ1v) is 9.71. The Morgan fingerprint density at radius 1 is 1.33 bits per heavy atom. The number of amides is 1. The Balaban J connectivity index is 0.00000131. The van der Waals surface area contributed by atoms with E-state index in [4.69, 9.17) is 4.52 Å². The molecule has 0 saturated carbocycles. The Bertz CT molecular complexity index is 713. The minimum absolute atomic E-state index is 0. The van der Waals surface area contributed by atoms with Gasteiger partial charge in [0.25, 0.3) is 0 Å². The third kappa shape index (κ3) is 4.81. The molecule has 2 aromatic rings. The highest BCUT2D eigenvalue weighted by atomic mass is 35.5. The second-order valence-corrected chi connectivity index (χ2v) is 7.61. The van der Waals surface area contributed by atoms with Crippen molar-refractivity contribution in [2.24, 2.45) is 5.92 Å². The molecule has 2 aromatic heterocycles. The molecule has 4 heterocycles. The molecule has 0 spiro atoms. The number of halogens is 2. The SMILES string of the molecule is CC(c1nc(-c2cccs2)no1)N1CCN(C(=O)C2CCNC2)CC1.Cl.Cl. The van der Waals surface area contributed by atoms with Crippen LogP contribution in [0.2, 0.25) is 0 Å². The van der Waals surface area contributed by atoms with Crippen LogP contribution in [0.3, 0.4) is 0 Å². The van der Waals surface area contributed by atoms with E-state index >= 15 is 0 Å². The first kappa shape index (κ1) is 22.1. The summed E-state index contributed by atoms with van der Waals surface area (Å²) in [5, 5.41) is 9.37. The van der Waals surface area contributed by atoms with Crippen LogP contribution < -0.4 is 5.32 Å². The van der Waals surface area contributed by atoms with Gasteiger partial charge in [-0.25, -0.2) is 0 Å². The Kier molecular flexibility index (Phi) is 8.05. The van der Waals surface area contributed by atoms with E-state index in [1.54, 1.807) is 11.3 Å². The highest BCUT2D eigenvalue weighted by Gasteiger charge is 2.31. The van der Waals surface area contributed by atoms with Crippen LogP contribution in [0.5, 0.6) is 0 Å². The molecule has 4 rings (SSSR count). The van der Waals surface area contributed by atoms with Gasteiger partial charge in [-0.05, 0) is 31.3 Å². The lowest BCUT2D eigenvalue weighted by molar-refractivity contribution is -0.137. The van der Waals surface area contributed by atoms with Crippen molar-refractivity contribution in [2.75, 3.05) is 39.3 Å². The topological polar surface area (TPSA) is 74.5 Å². The predicted molar refractivity (Wildman–Crippen MR) is 110 cm³/mol. The van der Waals surface area contributed by atoms with E-state index in [2.05, 4.69) is 27.3 Å². The fourth-order valence-electron chi connectivity index (χ4n) is 3.52. The van der Waals surface area contributed by atoms with Crippen molar-refractivity contribution < 1.29 is 9.32 Å². The summed E-state index contributed by atoms with van der Waals surface area (Å²) in [4.78, 5) is 22.4. The van der Waals surface area contributed by atoms with E-state index in [0.29, 0.717) is 17.6 Å².